The van der Waals surface area contributed by atoms with Crippen molar-refractivity contribution in [3.8, 4) is 0 Å². The molecule has 0 amide bonds. The van der Waals surface area contributed by atoms with Crippen LogP contribution in [0.4, 0.5) is 5.69 Å². The monoisotopic (exact) mass is 258 g/mol. The summed E-state index contributed by atoms with van der Waals surface area (Å²) in [6.45, 7) is 0.646. The van der Waals surface area contributed by atoms with Gasteiger partial charge < -0.3 is 17.2 Å². The molecule has 0 atom stereocenters. The summed E-state index contributed by atoms with van der Waals surface area (Å²) in [4.78, 5) is 11.6. The van der Waals surface area contributed by atoms with Gasteiger partial charge in [0.2, 0.25) is 5.96 Å². The predicted octanol–water partition coefficient (Wildman–Crippen LogP) is -0.454. The van der Waals surface area contributed by atoms with Gasteiger partial charge in [-0.25, -0.2) is 14.7 Å². The fraction of sp³-hybridized carbons (Fsp3) is 0.0909. The first-order chi connectivity index (χ1) is 9.13. The fourth-order valence-corrected chi connectivity index (χ4v) is 1.47. The summed E-state index contributed by atoms with van der Waals surface area (Å²) in [5.74, 6) is -0.104. The number of hydrogen-bond acceptors (Lipinski definition) is 3. The van der Waals surface area contributed by atoms with Gasteiger partial charge in [0.1, 0.15) is 12.7 Å². The number of aliphatic imine (C=N–C) groups is 2. The smallest absolute Gasteiger partial charge is 0.223 e. The fourth-order valence-electron chi connectivity index (χ4n) is 1.47. The number of guanidine groups is 2. The lowest BCUT2D eigenvalue weighted by Crippen LogP contribution is -2.26. The van der Waals surface area contributed by atoms with Crippen molar-refractivity contribution < 1.29 is 0 Å². The van der Waals surface area contributed by atoms with Crippen LogP contribution in [0.15, 0.2) is 46.9 Å². The van der Waals surface area contributed by atoms with Gasteiger partial charge in [-0.2, -0.15) is 10.1 Å². The van der Waals surface area contributed by atoms with Crippen LogP contribution in [0.3, 0.4) is 0 Å². The Morgan fingerprint density at radius 1 is 1.16 bits per heavy atom. The third-order valence-electron chi connectivity index (χ3n) is 2.23. The van der Waals surface area contributed by atoms with Gasteiger partial charge in [0.25, 0.3) is 0 Å². The zero-order chi connectivity index (χ0) is 13.7. The Labute approximate surface area is 109 Å². The topological polar surface area (TPSA) is 133 Å². The van der Waals surface area contributed by atoms with E-state index in [1.807, 2.05) is 24.3 Å². The lowest BCUT2D eigenvalue weighted by atomic mass is 10.2. The average molecular weight is 258 g/mol. The first-order valence-electron chi connectivity index (χ1n) is 5.48. The van der Waals surface area contributed by atoms with Crippen LogP contribution in [0.5, 0.6) is 0 Å². The molecule has 1 aromatic heterocycles. The molecule has 2 aromatic rings. The maximum absolute atomic E-state index is 5.53. The lowest BCUT2D eigenvalue weighted by Gasteiger charge is -2.01. The maximum Gasteiger partial charge on any atom is 0.223 e. The molecule has 0 aliphatic heterocycles. The molecule has 0 aliphatic carbocycles. The minimum Gasteiger partial charge on any atom is -0.370 e. The van der Waals surface area contributed by atoms with Gasteiger partial charge in [-0.15, -0.1) is 0 Å². The molecule has 0 saturated carbocycles. The van der Waals surface area contributed by atoms with Crippen LogP contribution in [-0.2, 0) is 6.54 Å². The summed E-state index contributed by atoms with van der Waals surface area (Å²) >= 11 is 0. The Kier molecular flexibility index (Phi) is 3.72. The Hall–Kier alpha value is -2.90. The van der Waals surface area contributed by atoms with Crippen molar-refractivity contribution in [2.24, 2.45) is 27.2 Å². The van der Waals surface area contributed by atoms with Crippen LogP contribution in [-0.4, -0.2) is 26.7 Å². The van der Waals surface area contributed by atoms with Gasteiger partial charge in [0.15, 0.2) is 5.96 Å². The number of nitrogens with two attached hydrogens (primary N) is 3. The molecule has 0 unspecified atom stereocenters. The van der Waals surface area contributed by atoms with Gasteiger partial charge in [0, 0.05) is 0 Å². The summed E-state index contributed by atoms with van der Waals surface area (Å²) in [5, 5.41) is 4.03. The summed E-state index contributed by atoms with van der Waals surface area (Å²) < 4.78 is 1.73. The van der Waals surface area contributed by atoms with Crippen LogP contribution >= 0.6 is 0 Å². The van der Waals surface area contributed by atoms with Crippen molar-refractivity contribution in [1.29, 1.82) is 0 Å². The second-order valence-corrected chi connectivity index (χ2v) is 3.77. The number of hydrogen-bond donors (Lipinski definition) is 3. The first kappa shape index (κ1) is 12.6. The molecule has 0 fully saturated rings. The highest BCUT2D eigenvalue weighted by molar-refractivity contribution is 5.93. The van der Waals surface area contributed by atoms with E-state index in [9.17, 15) is 0 Å². The highest BCUT2D eigenvalue weighted by Crippen LogP contribution is 2.13. The number of aromatic nitrogens is 3. The van der Waals surface area contributed by atoms with Gasteiger partial charge in [-0.1, -0.05) is 12.1 Å². The van der Waals surface area contributed by atoms with Gasteiger partial charge in [0.05, 0.1) is 12.2 Å². The molecule has 6 N–H and O–H groups in total. The zero-order valence-corrected chi connectivity index (χ0v) is 10.1. The van der Waals surface area contributed by atoms with Gasteiger partial charge in [-0.05, 0) is 17.7 Å². The largest absolute Gasteiger partial charge is 0.370 e. The van der Waals surface area contributed by atoms with Crippen molar-refractivity contribution in [1.82, 2.24) is 14.8 Å². The van der Waals surface area contributed by atoms with Crippen molar-refractivity contribution in [2.45, 2.75) is 6.54 Å². The third-order valence-corrected chi connectivity index (χ3v) is 2.23. The highest BCUT2D eigenvalue weighted by Gasteiger charge is 1.97. The lowest BCUT2D eigenvalue weighted by molar-refractivity contribution is 0.685. The summed E-state index contributed by atoms with van der Waals surface area (Å²) in [7, 11) is 0. The summed E-state index contributed by atoms with van der Waals surface area (Å²) in [6.07, 6.45) is 3.15. The van der Waals surface area contributed by atoms with E-state index in [-0.39, 0.29) is 11.9 Å². The molecule has 19 heavy (non-hydrogen) atoms. The maximum atomic E-state index is 5.53. The number of nitrogens with zero attached hydrogens (tertiary/aromatic N) is 5. The molecule has 0 spiro atoms. The second kappa shape index (κ2) is 5.63. The van der Waals surface area contributed by atoms with Gasteiger partial charge >= 0.3 is 0 Å². The molecular formula is C11H14N8. The minimum absolute atomic E-state index is 0.0176. The van der Waals surface area contributed by atoms with E-state index < -0.39 is 0 Å². The quantitative estimate of drug-likeness (QED) is 0.506. The summed E-state index contributed by atoms with van der Waals surface area (Å²) in [5.41, 5.74) is 17.7. The van der Waals surface area contributed by atoms with Gasteiger partial charge in [-0.3, -0.25) is 0 Å². The molecule has 0 bridgehead atoms. The van der Waals surface area contributed by atoms with Crippen molar-refractivity contribution in [3.05, 3.63) is 42.5 Å². The second-order valence-electron chi connectivity index (χ2n) is 3.77. The average Bonchev–Trinajstić information content (AvgIpc) is 2.83. The molecule has 8 nitrogen and oxygen atoms in total. The van der Waals surface area contributed by atoms with Crippen LogP contribution in [0.2, 0.25) is 0 Å². The normalized spacial score (nSPS) is 11.3. The Balaban J connectivity index is 2.08. The molecular weight excluding hydrogens is 244 g/mol. The zero-order valence-electron chi connectivity index (χ0n) is 10.1. The first-order valence-corrected chi connectivity index (χ1v) is 5.48. The van der Waals surface area contributed by atoms with E-state index in [1.165, 1.54) is 6.33 Å². The highest BCUT2D eigenvalue weighted by atomic mass is 15.3. The van der Waals surface area contributed by atoms with Crippen LogP contribution < -0.4 is 17.2 Å². The van der Waals surface area contributed by atoms with Crippen LogP contribution in [0.1, 0.15) is 5.56 Å². The van der Waals surface area contributed by atoms with Crippen molar-refractivity contribution in [2.75, 3.05) is 0 Å². The van der Waals surface area contributed by atoms with E-state index >= 15 is 0 Å². The van der Waals surface area contributed by atoms with E-state index in [1.54, 1.807) is 11.0 Å². The molecule has 0 radical (unpaired) electrons. The van der Waals surface area contributed by atoms with E-state index in [0.29, 0.717) is 12.2 Å². The van der Waals surface area contributed by atoms with E-state index in [4.69, 9.17) is 17.2 Å². The standard InChI is InChI=1S/C11H14N8/c12-10(13)18-11(14)17-9-3-1-8(2-4-9)5-19-7-15-6-16-19/h1-4,6-7H,5H2,(H6,12,13,14,17,18). The van der Waals surface area contributed by atoms with Crippen LogP contribution in [0.25, 0.3) is 0 Å². The Morgan fingerprint density at radius 3 is 2.47 bits per heavy atom. The minimum atomic E-state index is -0.121. The van der Waals surface area contributed by atoms with E-state index in [2.05, 4.69) is 20.1 Å². The van der Waals surface area contributed by atoms with Crippen molar-refractivity contribution in [3.63, 3.8) is 0 Å². The van der Waals surface area contributed by atoms with Crippen LogP contribution in [0, 0.1) is 0 Å². The molecule has 98 valence electrons. The number of benzene rings is 1. The summed E-state index contributed by atoms with van der Waals surface area (Å²) in [6, 6.07) is 7.48. The molecule has 0 saturated heterocycles. The number of rotatable bonds is 3. The molecule has 1 aromatic carbocycles. The SMILES string of the molecule is NC(N)=NC(N)=Nc1ccc(Cn2cncn2)cc1. The Bertz CT molecular complexity index is 578. The predicted molar refractivity (Wildman–Crippen MR) is 72.7 cm³/mol. The molecule has 2 rings (SSSR count). The molecule has 0 aliphatic rings. The molecule has 8 heteroatoms. The van der Waals surface area contributed by atoms with Crippen molar-refractivity contribution >= 4 is 17.6 Å². The molecule has 1 heterocycles. The Morgan fingerprint density at radius 2 is 1.89 bits per heavy atom. The van der Waals surface area contributed by atoms with E-state index in [0.717, 1.165) is 5.56 Å². The third kappa shape index (κ3) is 3.80.